The number of rotatable bonds is 4. The van der Waals surface area contributed by atoms with E-state index in [1.165, 1.54) is 5.57 Å². The van der Waals surface area contributed by atoms with Crippen LogP contribution in [0.15, 0.2) is 36.5 Å². The van der Waals surface area contributed by atoms with Gasteiger partial charge in [0.1, 0.15) is 0 Å². The molecule has 0 aromatic carbocycles. The van der Waals surface area contributed by atoms with Gasteiger partial charge < -0.3 is 5.32 Å². The lowest BCUT2D eigenvalue weighted by Crippen LogP contribution is -2.36. The Morgan fingerprint density at radius 1 is 1.38 bits per heavy atom. The Bertz CT molecular complexity index is 204. The smallest absolute Gasteiger partial charge is 0.0207 e. The maximum Gasteiger partial charge on any atom is 0.0207 e. The summed E-state index contributed by atoms with van der Waals surface area (Å²) in [7, 11) is 0. The van der Waals surface area contributed by atoms with Crippen molar-refractivity contribution in [2.75, 3.05) is 6.54 Å². The quantitative estimate of drug-likeness (QED) is 0.654. The molecule has 0 aromatic heterocycles. The first-order chi connectivity index (χ1) is 5.99. The number of allylic oxidation sites excluding steroid dienone is 3. The van der Waals surface area contributed by atoms with Crippen LogP contribution in [0, 0.1) is 0 Å². The SMILES string of the molecule is C=C/C=C\C(=C/C)CNC(C)(C)C. The van der Waals surface area contributed by atoms with Crippen LogP contribution >= 0.6 is 0 Å². The minimum atomic E-state index is 0.177. The highest BCUT2D eigenvalue weighted by Crippen LogP contribution is 2.02. The lowest BCUT2D eigenvalue weighted by Gasteiger charge is -2.20. The summed E-state index contributed by atoms with van der Waals surface area (Å²) in [6.45, 7) is 13.1. The van der Waals surface area contributed by atoms with Crippen molar-refractivity contribution >= 4 is 0 Å². The Kier molecular flexibility index (Phi) is 5.40. The molecule has 74 valence electrons. The molecule has 0 unspecified atom stereocenters. The lowest BCUT2D eigenvalue weighted by atomic mass is 10.1. The van der Waals surface area contributed by atoms with Gasteiger partial charge in [-0.2, -0.15) is 0 Å². The molecule has 0 heterocycles. The number of hydrogen-bond acceptors (Lipinski definition) is 1. The van der Waals surface area contributed by atoms with Crippen molar-refractivity contribution in [1.82, 2.24) is 5.32 Å². The molecule has 0 bridgehead atoms. The standard InChI is InChI=1S/C12H21N/c1-6-8-9-11(7-2)10-13-12(3,4)5/h6-9,13H,1,10H2,2-5H3/b9-8-,11-7+. The molecule has 0 saturated carbocycles. The van der Waals surface area contributed by atoms with Crippen molar-refractivity contribution in [2.45, 2.75) is 33.2 Å². The molecule has 0 fully saturated rings. The molecule has 1 N–H and O–H groups in total. The molecule has 0 radical (unpaired) electrons. The zero-order valence-corrected chi connectivity index (χ0v) is 9.22. The largest absolute Gasteiger partial charge is 0.308 e. The lowest BCUT2D eigenvalue weighted by molar-refractivity contribution is 0.446. The molecule has 1 nitrogen and oxygen atoms in total. The third-order valence-electron chi connectivity index (χ3n) is 1.64. The Morgan fingerprint density at radius 3 is 2.38 bits per heavy atom. The third-order valence-corrected chi connectivity index (χ3v) is 1.64. The van der Waals surface area contributed by atoms with E-state index in [2.05, 4.69) is 44.8 Å². The van der Waals surface area contributed by atoms with E-state index in [-0.39, 0.29) is 5.54 Å². The second kappa shape index (κ2) is 5.76. The highest BCUT2D eigenvalue weighted by Gasteiger charge is 2.07. The Morgan fingerprint density at radius 2 is 2.00 bits per heavy atom. The predicted molar refractivity (Wildman–Crippen MR) is 60.8 cm³/mol. The summed E-state index contributed by atoms with van der Waals surface area (Å²) in [6, 6.07) is 0. The highest BCUT2D eigenvalue weighted by atomic mass is 14.9. The molecule has 0 aliphatic rings. The molecule has 0 spiro atoms. The molecule has 0 atom stereocenters. The van der Waals surface area contributed by atoms with Crippen molar-refractivity contribution in [3.05, 3.63) is 36.5 Å². The average molecular weight is 179 g/mol. The summed E-state index contributed by atoms with van der Waals surface area (Å²) in [5.41, 5.74) is 1.46. The zero-order chi connectivity index (χ0) is 10.3. The zero-order valence-electron chi connectivity index (χ0n) is 9.22. The van der Waals surface area contributed by atoms with Crippen LogP contribution in [0.4, 0.5) is 0 Å². The van der Waals surface area contributed by atoms with E-state index in [1.54, 1.807) is 6.08 Å². The fraction of sp³-hybridized carbons (Fsp3) is 0.500. The van der Waals surface area contributed by atoms with Crippen LogP contribution in [0.3, 0.4) is 0 Å². The van der Waals surface area contributed by atoms with Gasteiger partial charge in [0, 0.05) is 12.1 Å². The van der Waals surface area contributed by atoms with Crippen molar-refractivity contribution in [3.8, 4) is 0 Å². The van der Waals surface area contributed by atoms with Crippen molar-refractivity contribution < 1.29 is 0 Å². The Hall–Kier alpha value is -0.820. The topological polar surface area (TPSA) is 12.0 Å². The minimum Gasteiger partial charge on any atom is -0.308 e. The summed E-state index contributed by atoms with van der Waals surface area (Å²) < 4.78 is 0. The van der Waals surface area contributed by atoms with E-state index in [0.717, 1.165) is 6.54 Å². The molecule has 0 amide bonds. The highest BCUT2D eigenvalue weighted by molar-refractivity contribution is 5.22. The number of nitrogens with one attached hydrogen (secondary N) is 1. The van der Waals surface area contributed by atoms with Crippen LogP contribution < -0.4 is 5.32 Å². The maximum absolute atomic E-state index is 3.64. The Balaban J connectivity index is 4.02. The van der Waals surface area contributed by atoms with Crippen LogP contribution in [0.1, 0.15) is 27.7 Å². The van der Waals surface area contributed by atoms with Crippen molar-refractivity contribution in [3.63, 3.8) is 0 Å². The summed E-state index contributed by atoms with van der Waals surface area (Å²) in [6.07, 6.45) is 7.94. The van der Waals surface area contributed by atoms with Gasteiger partial charge in [-0.3, -0.25) is 0 Å². The van der Waals surface area contributed by atoms with Crippen molar-refractivity contribution in [1.29, 1.82) is 0 Å². The van der Waals surface area contributed by atoms with Gasteiger partial charge in [-0.05, 0) is 33.3 Å². The minimum absolute atomic E-state index is 0.177. The monoisotopic (exact) mass is 179 g/mol. The number of hydrogen-bond donors (Lipinski definition) is 1. The average Bonchev–Trinajstić information content (AvgIpc) is 2.03. The summed E-state index contributed by atoms with van der Waals surface area (Å²) in [5.74, 6) is 0. The van der Waals surface area contributed by atoms with Crippen LogP contribution in [-0.4, -0.2) is 12.1 Å². The van der Waals surface area contributed by atoms with E-state index < -0.39 is 0 Å². The van der Waals surface area contributed by atoms with Crippen LogP contribution in [0.25, 0.3) is 0 Å². The van der Waals surface area contributed by atoms with Gasteiger partial charge in [0.05, 0.1) is 0 Å². The molecule has 0 aliphatic carbocycles. The molecule has 13 heavy (non-hydrogen) atoms. The second-order valence-corrected chi connectivity index (χ2v) is 4.06. The van der Waals surface area contributed by atoms with Gasteiger partial charge in [0.15, 0.2) is 0 Å². The van der Waals surface area contributed by atoms with Gasteiger partial charge in [0.2, 0.25) is 0 Å². The Labute approximate surface area is 82.2 Å². The molecule has 0 saturated heterocycles. The van der Waals surface area contributed by atoms with E-state index in [9.17, 15) is 0 Å². The third kappa shape index (κ3) is 7.54. The van der Waals surface area contributed by atoms with Gasteiger partial charge in [-0.1, -0.05) is 30.9 Å². The van der Waals surface area contributed by atoms with E-state index in [0.29, 0.717) is 0 Å². The normalized spacial score (nSPS) is 13.7. The predicted octanol–water partition coefficient (Wildman–Crippen LogP) is 3.06. The molecule has 0 aromatic rings. The van der Waals surface area contributed by atoms with Crippen LogP contribution in [0.2, 0.25) is 0 Å². The molecule has 0 aliphatic heterocycles. The summed E-state index contributed by atoms with van der Waals surface area (Å²) in [5, 5.41) is 3.43. The van der Waals surface area contributed by atoms with Gasteiger partial charge in [-0.25, -0.2) is 0 Å². The van der Waals surface area contributed by atoms with Gasteiger partial charge in [0.25, 0.3) is 0 Å². The van der Waals surface area contributed by atoms with Crippen LogP contribution in [0.5, 0.6) is 0 Å². The first-order valence-corrected chi connectivity index (χ1v) is 4.69. The van der Waals surface area contributed by atoms with Crippen molar-refractivity contribution in [2.24, 2.45) is 0 Å². The van der Waals surface area contributed by atoms with Crippen LogP contribution in [-0.2, 0) is 0 Å². The summed E-state index contributed by atoms with van der Waals surface area (Å²) >= 11 is 0. The van der Waals surface area contributed by atoms with Gasteiger partial charge in [-0.15, -0.1) is 0 Å². The second-order valence-electron chi connectivity index (χ2n) is 4.06. The molecular weight excluding hydrogens is 158 g/mol. The van der Waals surface area contributed by atoms with E-state index >= 15 is 0 Å². The molecule has 1 heteroatoms. The fourth-order valence-corrected chi connectivity index (χ4v) is 0.816. The first-order valence-electron chi connectivity index (χ1n) is 4.69. The molecule has 0 rings (SSSR count). The fourth-order valence-electron chi connectivity index (χ4n) is 0.816. The molecular formula is C12H21N. The maximum atomic E-state index is 3.64. The van der Waals surface area contributed by atoms with E-state index in [1.807, 2.05) is 13.0 Å². The van der Waals surface area contributed by atoms with E-state index in [4.69, 9.17) is 0 Å². The summed E-state index contributed by atoms with van der Waals surface area (Å²) in [4.78, 5) is 0. The van der Waals surface area contributed by atoms with Gasteiger partial charge >= 0.3 is 0 Å². The first kappa shape index (κ1) is 12.2.